The van der Waals surface area contributed by atoms with Crippen LogP contribution in [-0.4, -0.2) is 22.5 Å². The molecule has 0 aliphatic heterocycles. The average molecular weight is 306 g/mol. The minimum atomic E-state index is -1.22. The van der Waals surface area contributed by atoms with Crippen LogP contribution in [-0.2, 0) is 4.79 Å². The topological polar surface area (TPSA) is 66.4 Å². The fourth-order valence-electron chi connectivity index (χ4n) is 1.04. The van der Waals surface area contributed by atoms with Gasteiger partial charge in [-0.3, -0.25) is 4.79 Å². The van der Waals surface area contributed by atoms with Gasteiger partial charge in [-0.15, -0.1) is 11.3 Å². The van der Waals surface area contributed by atoms with Gasteiger partial charge in [0, 0.05) is 5.38 Å². The first-order valence-electron chi connectivity index (χ1n) is 4.69. The highest BCUT2D eigenvalue weighted by atomic mass is 79.9. The number of hydrogen-bond acceptors (Lipinski definition) is 3. The minimum Gasteiger partial charge on any atom is -0.480 e. The second-order valence-electron chi connectivity index (χ2n) is 3.58. The van der Waals surface area contributed by atoms with E-state index in [1.165, 1.54) is 18.3 Å². The molecule has 0 saturated heterocycles. The molecule has 0 fully saturated rings. The molecule has 0 spiro atoms. The zero-order chi connectivity index (χ0) is 12.3. The molecule has 1 aromatic rings. The van der Waals surface area contributed by atoms with Crippen molar-refractivity contribution >= 4 is 39.1 Å². The molecule has 1 heterocycles. The van der Waals surface area contributed by atoms with Gasteiger partial charge in [0.05, 0.1) is 9.35 Å². The summed E-state index contributed by atoms with van der Waals surface area (Å²) in [5.74, 6) is -1.40. The zero-order valence-electron chi connectivity index (χ0n) is 8.91. The molecule has 0 bridgehead atoms. The summed E-state index contributed by atoms with van der Waals surface area (Å²) in [6, 6.07) is 1.66. The second-order valence-corrected chi connectivity index (χ2v) is 5.87. The third kappa shape index (κ3) is 2.82. The van der Waals surface area contributed by atoms with E-state index >= 15 is 0 Å². The van der Waals surface area contributed by atoms with Gasteiger partial charge in [-0.05, 0) is 35.3 Å². The maximum Gasteiger partial charge on any atom is 0.329 e. The molecule has 6 heteroatoms. The number of nitrogens with one attached hydrogen (secondary N) is 1. The summed E-state index contributed by atoms with van der Waals surface area (Å²) in [5, 5.41) is 13.2. The first kappa shape index (κ1) is 13.2. The molecule has 1 rings (SSSR count). The Morgan fingerprint density at radius 2 is 2.25 bits per heavy atom. The number of rotatable bonds is 4. The predicted octanol–water partition coefficient (Wildman–Crippen LogP) is 2.49. The Morgan fingerprint density at radius 3 is 2.62 bits per heavy atom. The Bertz CT molecular complexity index is 418. The van der Waals surface area contributed by atoms with Crippen LogP contribution in [0.25, 0.3) is 0 Å². The maximum absolute atomic E-state index is 11.7. The number of carbonyl (C=O) groups excluding carboxylic acids is 1. The third-order valence-electron chi connectivity index (χ3n) is 2.40. The molecule has 0 aliphatic rings. The quantitative estimate of drug-likeness (QED) is 0.898. The van der Waals surface area contributed by atoms with E-state index in [0.29, 0.717) is 12.0 Å². The van der Waals surface area contributed by atoms with Crippen molar-refractivity contribution in [1.29, 1.82) is 0 Å². The molecule has 1 atom stereocenters. The first-order valence-corrected chi connectivity index (χ1v) is 6.36. The summed E-state index contributed by atoms with van der Waals surface area (Å²) in [6.45, 7) is 3.21. The Morgan fingerprint density at radius 1 is 1.62 bits per heavy atom. The van der Waals surface area contributed by atoms with Crippen LogP contribution in [0.15, 0.2) is 15.2 Å². The SMILES string of the molecule is CC[C@@](C)(NC(=O)c1csc(Br)c1)C(=O)O. The Balaban J connectivity index is 2.81. The molecule has 0 aliphatic carbocycles. The zero-order valence-corrected chi connectivity index (χ0v) is 11.3. The first-order chi connectivity index (χ1) is 7.39. The molecule has 1 amide bonds. The van der Waals surface area contributed by atoms with Gasteiger partial charge in [0.1, 0.15) is 5.54 Å². The van der Waals surface area contributed by atoms with E-state index in [9.17, 15) is 9.59 Å². The van der Waals surface area contributed by atoms with E-state index in [0.717, 1.165) is 3.79 Å². The highest BCUT2D eigenvalue weighted by molar-refractivity contribution is 9.11. The summed E-state index contributed by atoms with van der Waals surface area (Å²) < 4.78 is 0.839. The fourth-order valence-corrected chi connectivity index (χ4v) is 2.18. The van der Waals surface area contributed by atoms with Gasteiger partial charge >= 0.3 is 5.97 Å². The van der Waals surface area contributed by atoms with Gasteiger partial charge in [0.15, 0.2) is 0 Å². The predicted molar refractivity (Wildman–Crippen MR) is 65.8 cm³/mol. The Labute approximate surface area is 106 Å². The van der Waals surface area contributed by atoms with Crippen LogP contribution >= 0.6 is 27.3 Å². The van der Waals surface area contributed by atoms with Crippen LogP contribution in [0.4, 0.5) is 0 Å². The molecule has 4 nitrogen and oxygen atoms in total. The molecule has 0 saturated carbocycles. The maximum atomic E-state index is 11.7. The van der Waals surface area contributed by atoms with Crippen molar-refractivity contribution in [2.75, 3.05) is 0 Å². The van der Waals surface area contributed by atoms with Crippen molar-refractivity contribution in [3.63, 3.8) is 0 Å². The van der Waals surface area contributed by atoms with Gasteiger partial charge in [-0.25, -0.2) is 4.79 Å². The number of aliphatic carboxylic acids is 1. The van der Waals surface area contributed by atoms with E-state index in [-0.39, 0.29) is 5.91 Å². The summed E-state index contributed by atoms with van der Waals surface area (Å²) in [7, 11) is 0. The number of amides is 1. The highest BCUT2D eigenvalue weighted by Gasteiger charge is 2.33. The van der Waals surface area contributed by atoms with Gasteiger partial charge < -0.3 is 10.4 Å². The van der Waals surface area contributed by atoms with E-state index in [1.54, 1.807) is 18.4 Å². The molecule has 0 radical (unpaired) electrons. The number of hydrogen-bond donors (Lipinski definition) is 2. The van der Waals surface area contributed by atoms with Crippen molar-refractivity contribution in [3.8, 4) is 0 Å². The van der Waals surface area contributed by atoms with Crippen LogP contribution in [0.5, 0.6) is 0 Å². The number of carboxylic acids is 1. The fraction of sp³-hybridized carbons (Fsp3) is 0.400. The number of halogens is 1. The number of thiophene rings is 1. The van der Waals surface area contributed by atoms with Crippen molar-refractivity contribution in [2.24, 2.45) is 0 Å². The molecular weight excluding hydrogens is 294 g/mol. The normalized spacial score (nSPS) is 14.2. The molecule has 1 aromatic heterocycles. The molecule has 2 N–H and O–H groups in total. The largest absolute Gasteiger partial charge is 0.480 e. The monoisotopic (exact) mass is 305 g/mol. The lowest BCUT2D eigenvalue weighted by Crippen LogP contribution is -2.51. The van der Waals surface area contributed by atoms with E-state index < -0.39 is 11.5 Å². The van der Waals surface area contributed by atoms with E-state index in [4.69, 9.17) is 5.11 Å². The van der Waals surface area contributed by atoms with Crippen molar-refractivity contribution in [1.82, 2.24) is 5.32 Å². The molecule has 16 heavy (non-hydrogen) atoms. The Hall–Kier alpha value is -0.880. The minimum absolute atomic E-state index is 0.333. The smallest absolute Gasteiger partial charge is 0.329 e. The van der Waals surface area contributed by atoms with E-state index in [1.807, 2.05) is 0 Å². The summed E-state index contributed by atoms with van der Waals surface area (Å²) in [6.07, 6.45) is 0.333. The summed E-state index contributed by atoms with van der Waals surface area (Å²) in [5.41, 5.74) is -0.747. The lowest BCUT2D eigenvalue weighted by molar-refractivity contribution is -0.143. The molecule has 88 valence electrons. The van der Waals surface area contributed by atoms with Crippen LogP contribution in [0.3, 0.4) is 0 Å². The van der Waals surface area contributed by atoms with Crippen molar-refractivity contribution < 1.29 is 14.7 Å². The van der Waals surface area contributed by atoms with Crippen LogP contribution in [0.2, 0.25) is 0 Å². The number of carboxylic acid groups (broad SMARTS) is 1. The summed E-state index contributed by atoms with van der Waals surface area (Å²) >= 11 is 4.63. The molecular formula is C10H12BrNO3S. The third-order valence-corrected chi connectivity index (χ3v) is 3.90. The lowest BCUT2D eigenvalue weighted by Gasteiger charge is -2.24. The lowest BCUT2D eigenvalue weighted by atomic mass is 9.99. The van der Waals surface area contributed by atoms with Gasteiger partial charge in [0.2, 0.25) is 0 Å². The standard InChI is InChI=1S/C10H12BrNO3S/c1-3-10(2,9(14)15)12-8(13)6-4-7(11)16-5-6/h4-5H,3H2,1-2H3,(H,12,13)(H,14,15)/t10-/m1/s1. The molecule has 0 aromatic carbocycles. The highest BCUT2D eigenvalue weighted by Crippen LogP contribution is 2.21. The van der Waals surface area contributed by atoms with Crippen LogP contribution in [0.1, 0.15) is 30.6 Å². The Kier molecular flexibility index (Phi) is 4.09. The molecule has 0 unspecified atom stereocenters. The van der Waals surface area contributed by atoms with Crippen LogP contribution < -0.4 is 5.32 Å². The van der Waals surface area contributed by atoms with E-state index in [2.05, 4.69) is 21.2 Å². The van der Waals surface area contributed by atoms with Gasteiger partial charge in [-0.1, -0.05) is 6.92 Å². The van der Waals surface area contributed by atoms with Crippen LogP contribution in [0, 0.1) is 0 Å². The summed E-state index contributed by atoms with van der Waals surface area (Å²) in [4.78, 5) is 22.8. The average Bonchev–Trinajstić information content (AvgIpc) is 2.64. The second kappa shape index (κ2) is 4.97. The number of carbonyl (C=O) groups is 2. The van der Waals surface area contributed by atoms with Crippen molar-refractivity contribution in [2.45, 2.75) is 25.8 Å². The van der Waals surface area contributed by atoms with Gasteiger partial charge in [0.25, 0.3) is 5.91 Å². The van der Waals surface area contributed by atoms with Gasteiger partial charge in [-0.2, -0.15) is 0 Å². The van der Waals surface area contributed by atoms with Crippen molar-refractivity contribution in [3.05, 3.63) is 20.8 Å².